The Balaban J connectivity index is 3.14. The number of methoxy groups -OCH3 is 1. The number of amides is 1. The number of aryl methyl sites for hydroxylation is 1. The number of benzene rings is 2. The molecule has 18 heavy (non-hydrogen) atoms. The van der Waals surface area contributed by atoms with Crippen molar-refractivity contribution >= 4 is 16.7 Å². The third-order valence-electron chi connectivity index (χ3n) is 2.04. The summed E-state index contributed by atoms with van der Waals surface area (Å²) in [6.07, 6.45) is -3.12. The summed E-state index contributed by atoms with van der Waals surface area (Å²) in [6, 6.07) is -4.08. The fourth-order valence-corrected chi connectivity index (χ4v) is 1.27. The van der Waals surface area contributed by atoms with Crippen molar-refractivity contribution in [2.45, 2.75) is 13.3 Å². The Morgan fingerprint density at radius 3 is 3.00 bits per heavy atom. The molecular weight excluding hydrogens is 226 g/mol. The second-order valence-electron chi connectivity index (χ2n) is 3.34. The molecule has 0 aliphatic heterocycles. The summed E-state index contributed by atoms with van der Waals surface area (Å²) in [5.74, 6) is -1.29. The first-order valence-electron chi connectivity index (χ1n) is 10.1. The lowest BCUT2D eigenvalue weighted by Crippen LogP contribution is -2.22. The van der Waals surface area contributed by atoms with Gasteiger partial charge in [0.1, 0.15) is 5.75 Å². The number of carbonyl (C=O) groups is 1. The summed E-state index contributed by atoms with van der Waals surface area (Å²) in [7, 11) is 1.13. The second kappa shape index (κ2) is 5.54. The Kier molecular flexibility index (Phi) is 1.51. The van der Waals surface area contributed by atoms with E-state index in [1.807, 2.05) is 5.32 Å². The predicted octanol–water partition coefficient (Wildman–Crippen LogP) is 2.53. The zero-order valence-electron chi connectivity index (χ0n) is 19.8. The maximum Gasteiger partial charge on any atom is 0.216 e. The van der Waals surface area contributed by atoms with Gasteiger partial charge in [0.2, 0.25) is 5.91 Å². The Hall–Kier alpha value is -2.03. The molecule has 0 fully saturated rings. The van der Waals surface area contributed by atoms with Crippen LogP contribution in [-0.2, 0) is 11.2 Å². The van der Waals surface area contributed by atoms with Gasteiger partial charge in [0, 0.05) is 18.9 Å². The van der Waals surface area contributed by atoms with Gasteiger partial charge in [-0.25, -0.2) is 0 Å². The highest BCUT2D eigenvalue weighted by molar-refractivity contribution is 5.87. The molecule has 0 aliphatic rings. The molecule has 0 aromatic heterocycles. The first-order chi connectivity index (χ1) is 12.7. The largest absolute Gasteiger partial charge is 0.497 e. The number of carbonyl (C=O) groups excluding carboxylic acids is 1. The molecule has 3 heteroatoms. The molecule has 0 spiro atoms. The molecule has 0 radical (unpaired) electrons. The number of ether oxygens (including phenoxy) is 1. The fourth-order valence-electron chi connectivity index (χ4n) is 1.27. The Labute approximate surface area is 121 Å². The van der Waals surface area contributed by atoms with E-state index in [2.05, 4.69) is 0 Å². The van der Waals surface area contributed by atoms with E-state index in [0.717, 1.165) is 14.0 Å². The van der Waals surface area contributed by atoms with E-state index in [1.54, 1.807) is 0 Å². The van der Waals surface area contributed by atoms with Crippen molar-refractivity contribution in [3.63, 3.8) is 0 Å². The Bertz CT molecular complexity index is 989. The van der Waals surface area contributed by atoms with Crippen LogP contribution in [-0.4, -0.2) is 19.5 Å². The Morgan fingerprint density at radius 1 is 1.44 bits per heavy atom. The number of hydrogen-bond acceptors (Lipinski definition) is 2. The topological polar surface area (TPSA) is 38.3 Å². The SMILES string of the molecule is [2H]c1c([2H])c(C([2H])([2H])C([2H])([2H])NC(C)=O)c2c([2H])c(OC)c([2H])c([2H])c2c1[2H]. The molecule has 0 unspecified atom stereocenters. The lowest BCUT2D eigenvalue weighted by atomic mass is 10.0. The quantitative estimate of drug-likeness (QED) is 0.909. The highest BCUT2D eigenvalue weighted by Gasteiger charge is 2.03. The molecule has 2 aromatic carbocycles. The zero-order chi connectivity index (χ0) is 21.8. The maximum atomic E-state index is 11.3. The van der Waals surface area contributed by atoms with Gasteiger partial charge in [0.15, 0.2) is 0 Å². The van der Waals surface area contributed by atoms with Crippen LogP contribution >= 0.6 is 0 Å². The zero-order valence-corrected chi connectivity index (χ0v) is 9.82. The van der Waals surface area contributed by atoms with Gasteiger partial charge in [-0.05, 0) is 34.8 Å². The third-order valence-corrected chi connectivity index (χ3v) is 2.04. The van der Waals surface area contributed by atoms with Gasteiger partial charge >= 0.3 is 0 Å². The lowest BCUT2D eigenvalue weighted by Gasteiger charge is -2.08. The van der Waals surface area contributed by atoms with Gasteiger partial charge in [-0.1, -0.05) is 24.2 Å². The van der Waals surface area contributed by atoms with Crippen LogP contribution < -0.4 is 10.1 Å². The average Bonchev–Trinajstić information content (AvgIpc) is 2.56. The summed E-state index contributed by atoms with van der Waals surface area (Å²) >= 11 is 0. The molecule has 0 saturated carbocycles. The minimum absolute atomic E-state index is 0.411. The van der Waals surface area contributed by atoms with E-state index >= 15 is 0 Å². The van der Waals surface area contributed by atoms with Crippen molar-refractivity contribution in [1.82, 2.24) is 5.32 Å². The van der Waals surface area contributed by atoms with Crippen LogP contribution in [0.4, 0.5) is 0 Å². The van der Waals surface area contributed by atoms with Crippen LogP contribution in [0.25, 0.3) is 10.8 Å². The van der Waals surface area contributed by atoms with Crippen molar-refractivity contribution in [2.24, 2.45) is 0 Å². The second-order valence-corrected chi connectivity index (χ2v) is 3.34. The number of fused-ring (bicyclic) bond motifs is 1. The summed E-state index contributed by atoms with van der Waals surface area (Å²) in [4.78, 5) is 11.3. The van der Waals surface area contributed by atoms with Crippen LogP contribution in [0.5, 0.6) is 5.75 Å². The summed E-state index contributed by atoms with van der Waals surface area (Å²) in [5, 5.41) is 0.890. The molecule has 2 rings (SSSR count). The van der Waals surface area contributed by atoms with E-state index in [0.29, 0.717) is 0 Å². The molecule has 0 atom stereocenters. The minimum atomic E-state index is -3.12. The Morgan fingerprint density at radius 2 is 2.28 bits per heavy atom. The van der Waals surface area contributed by atoms with Crippen molar-refractivity contribution in [2.75, 3.05) is 13.6 Å². The highest BCUT2D eigenvalue weighted by atomic mass is 16.5. The van der Waals surface area contributed by atoms with Crippen LogP contribution in [0.3, 0.4) is 0 Å². The van der Waals surface area contributed by atoms with Crippen molar-refractivity contribution in [3.05, 3.63) is 41.8 Å². The van der Waals surface area contributed by atoms with E-state index in [9.17, 15) is 4.79 Å². The van der Waals surface area contributed by atoms with Crippen LogP contribution in [0.2, 0.25) is 0 Å². The van der Waals surface area contributed by atoms with Gasteiger partial charge in [-0.3, -0.25) is 4.79 Å². The molecule has 94 valence electrons. The van der Waals surface area contributed by atoms with E-state index < -0.39 is 77.1 Å². The smallest absolute Gasteiger partial charge is 0.216 e. The van der Waals surface area contributed by atoms with Gasteiger partial charge in [0.05, 0.1) is 15.3 Å². The standard InChI is InChI=1S/C15H17NO2/c1-11(17)16-9-8-13-5-3-4-12-6-7-14(18-2)10-15(12)13/h3-7,10H,8-9H2,1-2H3,(H,16,17)/i3D,4D,5D,6D,7D,8D2,9D2,10D. The molecule has 3 nitrogen and oxygen atoms in total. The van der Waals surface area contributed by atoms with Gasteiger partial charge in [0.25, 0.3) is 0 Å². The van der Waals surface area contributed by atoms with E-state index in [1.165, 1.54) is 0 Å². The molecule has 0 bridgehead atoms. The van der Waals surface area contributed by atoms with Crippen LogP contribution in [0.1, 0.15) is 26.2 Å². The molecular formula is C15H17NO2. The molecule has 0 heterocycles. The van der Waals surface area contributed by atoms with E-state index in [4.69, 9.17) is 18.4 Å². The maximum absolute atomic E-state index is 11.3. The molecule has 2 aromatic rings. The summed E-state index contributed by atoms with van der Waals surface area (Å²) in [6.45, 7) is -2.07. The molecule has 0 aliphatic carbocycles. The fraction of sp³-hybridized carbons (Fsp3) is 0.267. The van der Waals surface area contributed by atoms with Gasteiger partial charge in [-0.15, -0.1) is 0 Å². The number of nitrogens with one attached hydrogen (secondary N) is 1. The first-order valence-corrected chi connectivity index (χ1v) is 5.07. The normalized spacial score (nSPS) is 19.9. The molecule has 1 N–H and O–H groups in total. The summed E-state index contributed by atoms with van der Waals surface area (Å²) < 4.78 is 85.8. The molecule has 1 amide bonds. The average molecular weight is 253 g/mol. The summed E-state index contributed by atoms with van der Waals surface area (Å²) in [5.41, 5.74) is -0.779. The minimum Gasteiger partial charge on any atom is -0.497 e. The van der Waals surface area contributed by atoms with Crippen molar-refractivity contribution in [3.8, 4) is 5.75 Å². The number of rotatable bonds is 4. The van der Waals surface area contributed by atoms with Crippen molar-refractivity contribution in [1.29, 1.82) is 0 Å². The van der Waals surface area contributed by atoms with Gasteiger partial charge in [-0.2, -0.15) is 0 Å². The first kappa shape index (κ1) is 4.92. The third kappa shape index (κ3) is 2.80. The highest BCUT2D eigenvalue weighted by Crippen LogP contribution is 2.24. The predicted molar refractivity (Wildman–Crippen MR) is 72.9 cm³/mol. The van der Waals surface area contributed by atoms with Crippen LogP contribution in [0, 0.1) is 0 Å². The number of hydrogen-bond donors (Lipinski definition) is 1. The monoisotopic (exact) mass is 253 g/mol. The lowest BCUT2D eigenvalue weighted by molar-refractivity contribution is -0.118. The van der Waals surface area contributed by atoms with Crippen LogP contribution in [0.15, 0.2) is 36.3 Å². The van der Waals surface area contributed by atoms with Crippen molar-refractivity contribution < 1.29 is 23.2 Å². The van der Waals surface area contributed by atoms with Gasteiger partial charge < -0.3 is 10.1 Å². The molecule has 0 saturated heterocycles. The van der Waals surface area contributed by atoms with E-state index in [-0.39, 0.29) is 0 Å².